The maximum atomic E-state index is 5.23. The lowest BCUT2D eigenvalue weighted by atomic mass is 9.96. The Balaban J connectivity index is 0.882. The molecule has 0 aliphatic rings. The molecule has 0 aliphatic carbocycles. The van der Waals surface area contributed by atoms with Gasteiger partial charge >= 0.3 is 0 Å². The Hall–Kier alpha value is -9.97. The van der Waals surface area contributed by atoms with Gasteiger partial charge < -0.3 is 9.13 Å². The molecule has 0 saturated carbocycles. The average Bonchev–Trinajstić information content (AvgIpc) is 4.01. The van der Waals surface area contributed by atoms with Crippen LogP contribution in [0, 0.1) is 0 Å². The highest BCUT2D eigenvalue weighted by molar-refractivity contribution is 6.11. The van der Waals surface area contributed by atoms with E-state index in [0.29, 0.717) is 17.5 Å². The van der Waals surface area contributed by atoms with Crippen LogP contribution in [-0.4, -0.2) is 24.1 Å². The van der Waals surface area contributed by atoms with Gasteiger partial charge in [0.1, 0.15) is 0 Å². The summed E-state index contributed by atoms with van der Waals surface area (Å²) in [6, 6.07) is 97.2. The molecule has 14 aromatic rings. The first-order chi connectivity index (χ1) is 36.7. The number of hydrogen-bond acceptors (Lipinski definition) is 3. The van der Waals surface area contributed by atoms with Crippen molar-refractivity contribution in [3.05, 3.63) is 273 Å². The predicted octanol–water partition coefficient (Wildman–Crippen LogP) is 17.7. The zero-order chi connectivity index (χ0) is 49.0. The zero-order valence-electron chi connectivity index (χ0n) is 40.2. The minimum absolute atomic E-state index is 0.606. The van der Waals surface area contributed by atoms with E-state index in [-0.39, 0.29) is 0 Å². The number of para-hydroxylation sites is 4. The molecule has 74 heavy (non-hydrogen) atoms. The molecule has 0 bridgehead atoms. The molecule has 0 unspecified atom stereocenters. The molecule has 14 rings (SSSR count). The van der Waals surface area contributed by atoms with Gasteiger partial charge in [0.2, 0.25) is 0 Å². The number of aromatic nitrogens is 5. The van der Waals surface area contributed by atoms with Crippen LogP contribution in [0.5, 0.6) is 0 Å². The molecule has 0 fully saturated rings. The number of nitrogens with zero attached hydrogens (tertiary/aromatic N) is 5. The first-order valence-corrected chi connectivity index (χ1v) is 25.1. The molecule has 346 valence electrons. The fourth-order valence-corrected chi connectivity index (χ4v) is 10.9. The molecule has 5 nitrogen and oxygen atoms in total. The van der Waals surface area contributed by atoms with Crippen molar-refractivity contribution in [1.82, 2.24) is 24.1 Å². The Morgan fingerprint density at radius 1 is 0.203 bits per heavy atom. The molecule has 3 aromatic heterocycles. The van der Waals surface area contributed by atoms with Crippen LogP contribution in [0.3, 0.4) is 0 Å². The third-order valence-corrected chi connectivity index (χ3v) is 14.4. The lowest BCUT2D eigenvalue weighted by Crippen LogP contribution is -2.01. The Bertz CT molecular complexity index is 4020. The maximum Gasteiger partial charge on any atom is 0.164 e. The van der Waals surface area contributed by atoms with Gasteiger partial charge in [0, 0.05) is 49.4 Å². The summed E-state index contributed by atoms with van der Waals surface area (Å²) in [6.07, 6.45) is 0. The number of benzene rings is 11. The second-order valence-electron chi connectivity index (χ2n) is 18.8. The SMILES string of the molecule is c1ccc(-c2ccc(-n3c4ccccc4c4ccccc43)c(-c3ccc(-c4nc(-c5ccccc5)nc(-c5ccc(-c6cc(-c7ccccc7)ccc6-n6c7ccccc7c7ccccc76)cc5)n4)cc3)c2)cc1. The summed E-state index contributed by atoms with van der Waals surface area (Å²) < 4.78 is 4.81. The summed E-state index contributed by atoms with van der Waals surface area (Å²) in [4.78, 5) is 15.5. The summed E-state index contributed by atoms with van der Waals surface area (Å²) in [5.41, 5.74) is 18.7. The monoisotopic (exact) mass is 943 g/mol. The molecular weight excluding hydrogens is 899 g/mol. The van der Waals surface area contributed by atoms with E-state index in [2.05, 4.69) is 264 Å². The normalized spacial score (nSPS) is 11.5. The molecule has 0 spiro atoms. The third kappa shape index (κ3) is 7.46. The van der Waals surface area contributed by atoms with Crippen molar-refractivity contribution in [3.8, 4) is 90.0 Å². The van der Waals surface area contributed by atoms with Gasteiger partial charge in [0.25, 0.3) is 0 Å². The lowest BCUT2D eigenvalue weighted by Gasteiger charge is -2.17. The molecule has 0 radical (unpaired) electrons. The summed E-state index contributed by atoms with van der Waals surface area (Å²) in [5.74, 6) is 1.83. The van der Waals surface area contributed by atoms with Crippen LogP contribution >= 0.6 is 0 Å². The summed E-state index contributed by atoms with van der Waals surface area (Å²) in [6.45, 7) is 0. The minimum atomic E-state index is 0.606. The van der Waals surface area contributed by atoms with Crippen molar-refractivity contribution in [1.29, 1.82) is 0 Å². The first kappa shape index (κ1) is 42.9. The van der Waals surface area contributed by atoms with Gasteiger partial charge in [-0.3, -0.25) is 0 Å². The molecule has 11 aromatic carbocycles. The van der Waals surface area contributed by atoms with Crippen molar-refractivity contribution in [2.24, 2.45) is 0 Å². The highest BCUT2D eigenvalue weighted by Gasteiger charge is 2.20. The molecule has 0 N–H and O–H groups in total. The summed E-state index contributed by atoms with van der Waals surface area (Å²) >= 11 is 0. The van der Waals surface area contributed by atoms with Gasteiger partial charge in [-0.25, -0.2) is 15.0 Å². The number of hydrogen-bond donors (Lipinski definition) is 0. The Kier molecular flexibility index (Phi) is 10.4. The van der Waals surface area contributed by atoms with Gasteiger partial charge in [-0.05, 0) is 81.9 Å². The smallest absolute Gasteiger partial charge is 0.164 e. The first-order valence-electron chi connectivity index (χ1n) is 25.1. The van der Waals surface area contributed by atoms with Crippen LogP contribution in [-0.2, 0) is 0 Å². The Morgan fingerprint density at radius 3 is 0.797 bits per heavy atom. The van der Waals surface area contributed by atoms with E-state index in [0.717, 1.165) is 61.4 Å². The van der Waals surface area contributed by atoms with Crippen LogP contribution in [0.2, 0.25) is 0 Å². The van der Waals surface area contributed by atoms with Gasteiger partial charge in [-0.15, -0.1) is 0 Å². The fraction of sp³-hybridized carbons (Fsp3) is 0. The van der Waals surface area contributed by atoms with Crippen LogP contribution in [0.4, 0.5) is 0 Å². The van der Waals surface area contributed by atoms with Crippen molar-refractivity contribution >= 4 is 43.6 Å². The van der Waals surface area contributed by atoms with E-state index in [9.17, 15) is 0 Å². The fourth-order valence-electron chi connectivity index (χ4n) is 10.9. The van der Waals surface area contributed by atoms with Crippen LogP contribution in [0.25, 0.3) is 134 Å². The van der Waals surface area contributed by atoms with Gasteiger partial charge in [-0.1, -0.05) is 224 Å². The number of rotatable bonds is 9. The van der Waals surface area contributed by atoms with Gasteiger partial charge in [0.05, 0.1) is 33.4 Å². The minimum Gasteiger partial charge on any atom is -0.309 e. The Morgan fingerprint density at radius 2 is 0.459 bits per heavy atom. The highest BCUT2D eigenvalue weighted by atomic mass is 15.0. The largest absolute Gasteiger partial charge is 0.309 e. The van der Waals surface area contributed by atoms with E-state index in [1.807, 2.05) is 18.2 Å². The van der Waals surface area contributed by atoms with Gasteiger partial charge in [-0.2, -0.15) is 0 Å². The number of fused-ring (bicyclic) bond motifs is 6. The standard InChI is InChI=1S/C69H45N5/c1-4-18-46(19-5-1)53-40-42-65(73-61-28-14-10-24-55(61)56-25-11-15-29-62(56)73)59(44-53)48-32-36-51(37-33-48)68-70-67(50-22-8-3-9-23-50)71-69(72-68)52-38-34-49(35-39-52)60-45-54(47-20-6-2-7-21-47)41-43-66(60)74-63-30-16-12-26-57(63)58-27-13-17-31-64(58)74/h1-45H. The molecule has 0 aliphatic heterocycles. The highest BCUT2D eigenvalue weighted by Crippen LogP contribution is 2.41. The topological polar surface area (TPSA) is 48.5 Å². The molecule has 0 amide bonds. The lowest BCUT2D eigenvalue weighted by molar-refractivity contribution is 1.07. The second kappa shape index (κ2) is 18.0. The van der Waals surface area contributed by atoms with E-state index in [1.165, 1.54) is 54.7 Å². The van der Waals surface area contributed by atoms with E-state index >= 15 is 0 Å². The van der Waals surface area contributed by atoms with E-state index in [1.54, 1.807) is 0 Å². The van der Waals surface area contributed by atoms with E-state index < -0.39 is 0 Å². The second-order valence-corrected chi connectivity index (χ2v) is 18.8. The zero-order valence-corrected chi connectivity index (χ0v) is 40.2. The van der Waals surface area contributed by atoms with Crippen molar-refractivity contribution in [2.75, 3.05) is 0 Å². The van der Waals surface area contributed by atoms with Crippen LogP contribution in [0.15, 0.2) is 273 Å². The maximum absolute atomic E-state index is 5.23. The quantitative estimate of drug-likeness (QED) is 0.145. The van der Waals surface area contributed by atoms with Crippen molar-refractivity contribution < 1.29 is 0 Å². The van der Waals surface area contributed by atoms with Crippen molar-refractivity contribution in [3.63, 3.8) is 0 Å². The van der Waals surface area contributed by atoms with Gasteiger partial charge in [0.15, 0.2) is 17.5 Å². The molecular formula is C69H45N5. The summed E-state index contributed by atoms with van der Waals surface area (Å²) in [7, 11) is 0. The van der Waals surface area contributed by atoms with Crippen LogP contribution < -0.4 is 0 Å². The summed E-state index contributed by atoms with van der Waals surface area (Å²) in [5, 5.41) is 4.92. The molecule has 3 heterocycles. The molecule has 0 atom stereocenters. The molecule has 0 saturated heterocycles. The Labute approximate surface area is 428 Å². The average molecular weight is 944 g/mol. The van der Waals surface area contributed by atoms with Crippen LogP contribution in [0.1, 0.15) is 0 Å². The van der Waals surface area contributed by atoms with Crippen molar-refractivity contribution in [2.45, 2.75) is 0 Å². The predicted molar refractivity (Wildman–Crippen MR) is 307 cm³/mol. The molecule has 5 heteroatoms. The van der Waals surface area contributed by atoms with E-state index in [4.69, 9.17) is 15.0 Å². The third-order valence-electron chi connectivity index (χ3n) is 14.4.